The van der Waals surface area contributed by atoms with E-state index >= 15 is 0 Å². The van der Waals surface area contributed by atoms with Crippen molar-refractivity contribution in [3.8, 4) is 5.75 Å². The van der Waals surface area contributed by atoms with Crippen molar-refractivity contribution in [3.05, 3.63) is 23.8 Å². The Labute approximate surface area is 176 Å². The lowest BCUT2D eigenvalue weighted by Crippen LogP contribution is -2.42. The Kier molecular flexibility index (Phi) is 6.17. The lowest BCUT2D eigenvalue weighted by molar-refractivity contribution is -0.186. The van der Waals surface area contributed by atoms with Crippen LogP contribution in [0.5, 0.6) is 5.75 Å². The summed E-state index contributed by atoms with van der Waals surface area (Å²) in [4.78, 5) is 14.2. The molecule has 0 atom stereocenters. The van der Waals surface area contributed by atoms with Crippen molar-refractivity contribution in [1.82, 2.24) is 4.90 Å². The summed E-state index contributed by atoms with van der Waals surface area (Å²) in [5.41, 5.74) is 0.398. The molecule has 1 aromatic rings. The number of benzene rings is 1. The van der Waals surface area contributed by atoms with Gasteiger partial charge < -0.3 is 18.9 Å². The molecule has 0 spiro atoms. The molecule has 0 aromatic heterocycles. The lowest BCUT2D eigenvalue weighted by Gasteiger charge is -2.33. The van der Waals surface area contributed by atoms with E-state index < -0.39 is 30.4 Å². The molecule has 2 aliphatic heterocycles. The zero-order valence-corrected chi connectivity index (χ0v) is 18.1. The first kappa shape index (κ1) is 22.9. The van der Waals surface area contributed by atoms with E-state index in [-0.39, 0.29) is 38.3 Å². The van der Waals surface area contributed by atoms with Crippen LogP contribution in [0.3, 0.4) is 0 Å². The molecule has 0 N–H and O–H groups in total. The van der Waals surface area contributed by atoms with Crippen LogP contribution in [-0.2, 0) is 20.5 Å². The third kappa shape index (κ3) is 4.62. The fourth-order valence-electron chi connectivity index (χ4n) is 3.79. The number of hydrogen-bond acceptors (Lipinski definition) is 4. The Morgan fingerprint density at radius 3 is 2.23 bits per heavy atom. The molecule has 0 radical (unpaired) electrons. The number of likely N-dealkylation sites (tertiary alicyclic amines) is 1. The van der Waals surface area contributed by atoms with Crippen LogP contribution in [-0.4, -0.2) is 55.5 Å². The molecule has 2 fully saturated rings. The number of ether oxygens (including phenoxy) is 1. The number of piperidine rings is 1. The van der Waals surface area contributed by atoms with Crippen LogP contribution in [0.25, 0.3) is 0 Å². The highest BCUT2D eigenvalue weighted by molar-refractivity contribution is 6.63. The van der Waals surface area contributed by atoms with Crippen molar-refractivity contribution < 1.29 is 32.0 Å². The zero-order chi connectivity index (χ0) is 22.3. The van der Waals surface area contributed by atoms with E-state index in [2.05, 4.69) is 0 Å². The molecule has 3 rings (SSSR count). The largest absolute Gasteiger partial charge is 0.498 e. The second-order valence-corrected chi connectivity index (χ2v) is 9.04. The number of carbonyl (C=O) groups is 1. The van der Waals surface area contributed by atoms with E-state index in [1.807, 2.05) is 33.8 Å². The van der Waals surface area contributed by atoms with Crippen LogP contribution in [0, 0.1) is 5.92 Å². The van der Waals surface area contributed by atoms with Gasteiger partial charge in [0.15, 0.2) is 0 Å². The third-order valence-electron chi connectivity index (χ3n) is 6.47. The molecule has 0 unspecified atom stereocenters. The predicted octanol–water partition coefficient (Wildman–Crippen LogP) is 3.34. The molecule has 9 heteroatoms. The average molecular weight is 427 g/mol. The standard InChI is InChI=1S/C21H29BF3NO4/c1-19(2)20(3,4)30-22(29-19)16-12-14(6-7-17(16)28-5)13-18(27)26-10-8-15(9-11-26)21(23,24)25/h6-7,12,15H,8-11,13H2,1-5H3. The normalized spacial score (nSPS) is 21.7. The van der Waals surface area contributed by atoms with Gasteiger partial charge in [-0.25, -0.2) is 0 Å². The molecule has 1 amide bonds. The van der Waals surface area contributed by atoms with Crippen LogP contribution in [0.4, 0.5) is 13.2 Å². The summed E-state index contributed by atoms with van der Waals surface area (Å²) in [6.07, 6.45) is -4.18. The summed E-state index contributed by atoms with van der Waals surface area (Å²) in [7, 11) is 0.919. The number of carbonyl (C=O) groups excluding carboxylic acids is 1. The molecule has 1 aromatic carbocycles. The molecule has 166 valence electrons. The second kappa shape index (κ2) is 8.07. The van der Waals surface area contributed by atoms with Crippen LogP contribution in [0.15, 0.2) is 18.2 Å². The highest BCUT2D eigenvalue weighted by Gasteiger charge is 2.52. The van der Waals surface area contributed by atoms with Crippen molar-refractivity contribution in [2.75, 3.05) is 20.2 Å². The molecule has 0 aliphatic carbocycles. The lowest BCUT2D eigenvalue weighted by atomic mass is 9.77. The van der Waals surface area contributed by atoms with Crippen molar-refractivity contribution >= 4 is 18.5 Å². The number of rotatable bonds is 4. The molecule has 2 aliphatic rings. The Balaban J connectivity index is 1.71. The summed E-state index contributed by atoms with van der Waals surface area (Å²) >= 11 is 0. The first-order valence-corrected chi connectivity index (χ1v) is 10.2. The van der Waals surface area contributed by atoms with E-state index in [0.29, 0.717) is 11.2 Å². The van der Waals surface area contributed by atoms with Gasteiger partial charge in [-0.3, -0.25) is 4.79 Å². The summed E-state index contributed by atoms with van der Waals surface area (Å²) in [5.74, 6) is -0.908. The second-order valence-electron chi connectivity index (χ2n) is 9.04. The van der Waals surface area contributed by atoms with E-state index in [0.717, 1.165) is 5.56 Å². The van der Waals surface area contributed by atoms with E-state index in [4.69, 9.17) is 14.0 Å². The van der Waals surface area contributed by atoms with Gasteiger partial charge in [0, 0.05) is 18.6 Å². The van der Waals surface area contributed by atoms with Gasteiger partial charge in [0.25, 0.3) is 0 Å². The van der Waals surface area contributed by atoms with E-state index in [9.17, 15) is 18.0 Å². The number of halogens is 3. The SMILES string of the molecule is COc1ccc(CC(=O)N2CCC(C(F)(F)F)CC2)cc1B1OC(C)(C)C(C)(C)O1. The third-order valence-corrected chi connectivity index (χ3v) is 6.47. The Morgan fingerprint density at radius 1 is 1.17 bits per heavy atom. The van der Waals surface area contributed by atoms with Crippen LogP contribution < -0.4 is 10.2 Å². The fourth-order valence-corrected chi connectivity index (χ4v) is 3.79. The average Bonchev–Trinajstić information content (AvgIpc) is 2.88. The highest BCUT2D eigenvalue weighted by Crippen LogP contribution is 2.37. The van der Waals surface area contributed by atoms with Crippen molar-refractivity contribution in [1.29, 1.82) is 0 Å². The quantitative estimate of drug-likeness (QED) is 0.692. The van der Waals surface area contributed by atoms with Gasteiger partial charge >= 0.3 is 13.3 Å². The number of nitrogens with zero attached hydrogens (tertiary/aromatic N) is 1. The van der Waals surface area contributed by atoms with Crippen LogP contribution >= 0.6 is 0 Å². The Hall–Kier alpha value is -1.74. The maximum absolute atomic E-state index is 12.9. The van der Waals surface area contributed by atoms with Gasteiger partial charge in [0.1, 0.15) is 5.75 Å². The summed E-state index contributed by atoms with van der Waals surface area (Å²) < 4.78 is 56.2. The molecule has 5 nitrogen and oxygen atoms in total. The number of alkyl halides is 3. The minimum absolute atomic E-state index is 0.0446. The minimum atomic E-state index is -4.19. The molecular formula is C21H29BF3NO4. The smallest absolute Gasteiger partial charge is 0.497 e. The number of hydrogen-bond donors (Lipinski definition) is 0. The van der Waals surface area contributed by atoms with Gasteiger partial charge in [-0.15, -0.1) is 0 Å². The van der Waals surface area contributed by atoms with E-state index in [1.54, 1.807) is 19.2 Å². The topological polar surface area (TPSA) is 48.0 Å². The number of amides is 1. The molecule has 2 heterocycles. The summed E-state index contributed by atoms with van der Waals surface area (Å²) in [5, 5.41) is 0. The minimum Gasteiger partial charge on any atom is -0.497 e. The van der Waals surface area contributed by atoms with Crippen molar-refractivity contribution in [2.45, 2.75) is 64.3 Å². The summed E-state index contributed by atoms with van der Waals surface area (Å²) in [6, 6.07) is 5.37. The number of methoxy groups -OCH3 is 1. The Bertz CT molecular complexity index is 773. The summed E-state index contributed by atoms with van der Waals surface area (Å²) in [6.45, 7) is 8.08. The highest BCUT2D eigenvalue weighted by atomic mass is 19.4. The van der Waals surface area contributed by atoms with Gasteiger partial charge in [0.05, 0.1) is 30.7 Å². The first-order chi connectivity index (χ1) is 13.8. The Morgan fingerprint density at radius 2 is 1.73 bits per heavy atom. The van der Waals surface area contributed by atoms with Crippen LogP contribution in [0.2, 0.25) is 0 Å². The first-order valence-electron chi connectivity index (χ1n) is 10.2. The molecule has 30 heavy (non-hydrogen) atoms. The van der Waals surface area contributed by atoms with Crippen molar-refractivity contribution in [3.63, 3.8) is 0 Å². The predicted molar refractivity (Wildman–Crippen MR) is 108 cm³/mol. The van der Waals surface area contributed by atoms with Crippen molar-refractivity contribution in [2.24, 2.45) is 5.92 Å². The molecule has 2 saturated heterocycles. The van der Waals surface area contributed by atoms with E-state index in [1.165, 1.54) is 4.90 Å². The van der Waals surface area contributed by atoms with Gasteiger partial charge in [-0.05, 0) is 52.2 Å². The molecular weight excluding hydrogens is 398 g/mol. The molecule has 0 bridgehead atoms. The van der Waals surface area contributed by atoms with Crippen LogP contribution in [0.1, 0.15) is 46.1 Å². The zero-order valence-electron chi connectivity index (χ0n) is 18.1. The van der Waals surface area contributed by atoms with Gasteiger partial charge in [-0.2, -0.15) is 13.2 Å². The van der Waals surface area contributed by atoms with Gasteiger partial charge in [-0.1, -0.05) is 12.1 Å². The van der Waals surface area contributed by atoms with Gasteiger partial charge in [0.2, 0.25) is 5.91 Å². The maximum Gasteiger partial charge on any atom is 0.498 e. The fraction of sp³-hybridized carbons (Fsp3) is 0.667. The molecule has 0 saturated carbocycles. The monoisotopic (exact) mass is 427 g/mol. The maximum atomic E-state index is 12.9.